The quantitative estimate of drug-likeness (QED) is 0.156. The number of amides is 1. The molecule has 1 N–H and O–H groups in total. The van der Waals surface area contributed by atoms with E-state index in [1.807, 2.05) is 29.2 Å². The molecule has 2 aromatic rings. The molecule has 0 saturated heterocycles. The number of carbonyl (C=O) groups excluding carboxylic acids is 1. The van der Waals surface area contributed by atoms with Crippen LogP contribution >= 0.6 is 0 Å². The van der Waals surface area contributed by atoms with Crippen LogP contribution in [0.3, 0.4) is 0 Å². The van der Waals surface area contributed by atoms with Gasteiger partial charge in [-0.25, -0.2) is 0 Å². The molecule has 222 valence electrons. The number of rotatable bonds is 17. The first-order chi connectivity index (χ1) is 20.0. The molecule has 1 saturated carbocycles. The van der Waals surface area contributed by atoms with Gasteiger partial charge in [-0.1, -0.05) is 126 Å². The van der Waals surface area contributed by atoms with Gasteiger partial charge in [0.05, 0.1) is 0 Å². The molecule has 2 aromatic carbocycles. The van der Waals surface area contributed by atoms with Crippen molar-refractivity contribution in [3.8, 4) is 11.8 Å². The number of hydrogen-bond donors (Lipinski definition) is 1. The van der Waals surface area contributed by atoms with Gasteiger partial charge in [-0.3, -0.25) is 9.59 Å². The van der Waals surface area contributed by atoms with E-state index in [4.69, 9.17) is 5.11 Å². The summed E-state index contributed by atoms with van der Waals surface area (Å²) in [7, 11) is 0. The van der Waals surface area contributed by atoms with Crippen molar-refractivity contribution in [1.82, 2.24) is 4.90 Å². The van der Waals surface area contributed by atoms with E-state index in [0.717, 1.165) is 35.1 Å². The Hall–Kier alpha value is -3.06. The van der Waals surface area contributed by atoms with E-state index in [1.54, 1.807) is 0 Å². The highest BCUT2D eigenvalue weighted by atomic mass is 16.4. The molecule has 0 radical (unpaired) electrons. The van der Waals surface area contributed by atoms with Crippen molar-refractivity contribution in [2.75, 3.05) is 0 Å². The number of benzene rings is 2. The summed E-state index contributed by atoms with van der Waals surface area (Å²) in [5.41, 5.74) is 4.23. The first-order valence-electron chi connectivity index (χ1n) is 16.1. The molecule has 4 nitrogen and oxygen atoms in total. The van der Waals surface area contributed by atoms with Crippen molar-refractivity contribution in [2.24, 2.45) is 11.8 Å². The van der Waals surface area contributed by atoms with Crippen LogP contribution < -0.4 is 0 Å². The summed E-state index contributed by atoms with van der Waals surface area (Å²) in [4.78, 5) is 26.6. The molecule has 1 aliphatic rings. The molecule has 0 heterocycles. The Kier molecular flexibility index (Phi) is 14.6. The van der Waals surface area contributed by atoms with Crippen LogP contribution in [0.4, 0.5) is 0 Å². The average molecular weight is 558 g/mol. The number of aryl methyl sites for hydroxylation is 1. The van der Waals surface area contributed by atoms with Crippen molar-refractivity contribution in [2.45, 2.75) is 123 Å². The number of hydrogen-bond acceptors (Lipinski definition) is 2. The Morgan fingerprint density at radius 1 is 0.854 bits per heavy atom. The molecule has 1 atom stereocenters. The number of aliphatic carboxylic acids is 1. The highest BCUT2D eigenvalue weighted by Crippen LogP contribution is 2.35. The topological polar surface area (TPSA) is 57.6 Å². The van der Waals surface area contributed by atoms with Gasteiger partial charge in [0.1, 0.15) is 0 Å². The first-order valence-corrected chi connectivity index (χ1v) is 16.1. The van der Waals surface area contributed by atoms with Crippen LogP contribution in [0.25, 0.3) is 0 Å². The summed E-state index contributed by atoms with van der Waals surface area (Å²) in [5, 5.41) is 8.98. The molecule has 1 unspecified atom stereocenters. The van der Waals surface area contributed by atoms with Gasteiger partial charge in [0, 0.05) is 37.9 Å². The number of carboxylic acids is 1. The second kappa shape index (κ2) is 18.4. The lowest BCUT2D eigenvalue weighted by Gasteiger charge is -2.28. The summed E-state index contributed by atoms with van der Waals surface area (Å²) in [5.74, 6) is 7.21. The van der Waals surface area contributed by atoms with Gasteiger partial charge in [-0.05, 0) is 53.5 Å². The zero-order valence-electron chi connectivity index (χ0n) is 25.5. The van der Waals surface area contributed by atoms with E-state index in [9.17, 15) is 9.59 Å². The van der Waals surface area contributed by atoms with Gasteiger partial charge >= 0.3 is 5.97 Å². The van der Waals surface area contributed by atoms with Crippen molar-refractivity contribution >= 4 is 11.9 Å². The van der Waals surface area contributed by atoms with E-state index in [-0.39, 0.29) is 12.3 Å². The van der Waals surface area contributed by atoms with Gasteiger partial charge in [-0.15, -0.1) is 0 Å². The van der Waals surface area contributed by atoms with Crippen LogP contribution in [0, 0.1) is 23.7 Å². The molecule has 0 spiro atoms. The second-order valence-corrected chi connectivity index (χ2v) is 11.9. The molecular weight excluding hydrogens is 506 g/mol. The van der Waals surface area contributed by atoms with E-state index in [2.05, 4.69) is 50.0 Å². The predicted octanol–water partition coefficient (Wildman–Crippen LogP) is 8.94. The number of unbranched alkanes of at least 4 members (excludes halogenated alkanes) is 6. The van der Waals surface area contributed by atoms with Crippen LogP contribution in [-0.2, 0) is 29.1 Å². The molecular formula is C37H51NO3. The van der Waals surface area contributed by atoms with Crippen molar-refractivity contribution < 1.29 is 14.7 Å². The molecule has 4 heteroatoms. The standard InChI is InChI=1S/C37H51NO3/c1-3-5-6-7-8-9-10-11-14-30-17-21-32(22-18-30)28-38(36(39)27-34(4-2)35-15-12-13-16-35)29-33-23-19-31(20-24-33)25-26-37(40)41/h17-24,34-35H,3-10,12-13,15-16,25-29H2,1-2H3,(H,40,41). The first kappa shape index (κ1) is 32.5. The minimum absolute atomic E-state index is 0.128. The average Bonchev–Trinajstić information content (AvgIpc) is 3.52. The van der Waals surface area contributed by atoms with E-state index in [1.165, 1.54) is 64.2 Å². The molecule has 1 fully saturated rings. The van der Waals surface area contributed by atoms with Crippen LogP contribution in [0.15, 0.2) is 48.5 Å². The lowest BCUT2D eigenvalue weighted by Crippen LogP contribution is -2.32. The maximum atomic E-state index is 13.7. The lowest BCUT2D eigenvalue weighted by atomic mass is 9.85. The molecule has 1 aliphatic carbocycles. The molecule has 41 heavy (non-hydrogen) atoms. The van der Waals surface area contributed by atoms with Gasteiger partial charge < -0.3 is 10.0 Å². The molecule has 0 aliphatic heterocycles. The van der Waals surface area contributed by atoms with Crippen molar-refractivity contribution in [3.63, 3.8) is 0 Å². The number of carboxylic acid groups (broad SMARTS) is 1. The number of nitrogens with zero attached hydrogens (tertiary/aromatic N) is 1. The Morgan fingerprint density at radius 3 is 2.05 bits per heavy atom. The smallest absolute Gasteiger partial charge is 0.303 e. The minimum atomic E-state index is -0.784. The zero-order chi connectivity index (χ0) is 29.3. The van der Waals surface area contributed by atoms with Crippen LogP contribution in [0.1, 0.15) is 126 Å². The highest BCUT2D eigenvalue weighted by Gasteiger charge is 2.27. The molecule has 3 rings (SSSR count). The van der Waals surface area contributed by atoms with Crippen LogP contribution in [0.5, 0.6) is 0 Å². The number of carbonyl (C=O) groups is 2. The third kappa shape index (κ3) is 12.1. The monoisotopic (exact) mass is 557 g/mol. The molecule has 0 bridgehead atoms. The van der Waals surface area contributed by atoms with Crippen molar-refractivity contribution in [1.29, 1.82) is 0 Å². The normalized spacial score (nSPS) is 13.9. The summed E-state index contributed by atoms with van der Waals surface area (Å²) in [6.07, 6.45) is 16.1. The lowest BCUT2D eigenvalue weighted by molar-refractivity contribution is -0.137. The fraction of sp³-hybridized carbons (Fsp3) is 0.568. The minimum Gasteiger partial charge on any atom is -0.481 e. The van der Waals surface area contributed by atoms with Crippen LogP contribution in [0.2, 0.25) is 0 Å². The maximum absolute atomic E-state index is 13.7. The summed E-state index contributed by atoms with van der Waals surface area (Å²) in [6.45, 7) is 5.60. The Morgan fingerprint density at radius 2 is 1.44 bits per heavy atom. The van der Waals surface area contributed by atoms with Gasteiger partial charge in [0.15, 0.2) is 0 Å². The highest BCUT2D eigenvalue weighted by molar-refractivity contribution is 5.76. The largest absolute Gasteiger partial charge is 0.481 e. The summed E-state index contributed by atoms with van der Waals surface area (Å²) in [6, 6.07) is 16.4. The zero-order valence-corrected chi connectivity index (χ0v) is 25.5. The van der Waals surface area contributed by atoms with E-state index < -0.39 is 5.97 Å². The fourth-order valence-electron chi connectivity index (χ4n) is 6.01. The third-order valence-electron chi connectivity index (χ3n) is 8.62. The van der Waals surface area contributed by atoms with Gasteiger partial charge in [-0.2, -0.15) is 0 Å². The fourth-order valence-corrected chi connectivity index (χ4v) is 6.01. The van der Waals surface area contributed by atoms with Crippen LogP contribution in [-0.4, -0.2) is 21.9 Å². The summed E-state index contributed by atoms with van der Waals surface area (Å²) >= 11 is 0. The van der Waals surface area contributed by atoms with E-state index >= 15 is 0 Å². The van der Waals surface area contributed by atoms with Gasteiger partial charge in [0.2, 0.25) is 5.91 Å². The van der Waals surface area contributed by atoms with Crippen molar-refractivity contribution in [3.05, 3.63) is 70.8 Å². The summed E-state index contributed by atoms with van der Waals surface area (Å²) < 4.78 is 0. The molecule has 1 amide bonds. The molecule has 0 aromatic heterocycles. The maximum Gasteiger partial charge on any atom is 0.303 e. The Balaban J connectivity index is 1.63. The predicted molar refractivity (Wildman–Crippen MR) is 168 cm³/mol. The second-order valence-electron chi connectivity index (χ2n) is 11.9. The van der Waals surface area contributed by atoms with E-state index in [0.29, 0.717) is 37.8 Å². The third-order valence-corrected chi connectivity index (χ3v) is 8.62. The Bertz CT molecular complexity index is 1100. The SMILES string of the molecule is CCCCCCCCC#Cc1ccc(CN(Cc2ccc(CCC(=O)O)cc2)C(=O)CC(CC)C2CCCC2)cc1. The van der Waals surface area contributed by atoms with Gasteiger partial charge in [0.25, 0.3) is 0 Å². The Labute approximate surface area is 248 Å².